The third-order valence-electron chi connectivity index (χ3n) is 5.35. The Hall–Kier alpha value is -2.55. The molecule has 0 saturated carbocycles. The number of aliphatic hydroxyl groups is 1. The van der Waals surface area contributed by atoms with Crippen molar-refractivity contribution in [3.63, 3.8) is 0 Å². The molecule has 2 aromatic heterocycles. The van der Waals surface area contributed by atoms with Crippen molar-refractivity contribution in [2.24, 2.45) is 0 Å². The number of hydrogen-bond donors (Lipinski definition) is 1. The van der Waals surface area contributed by atoms with Crippen LogP contribution in [0.25, 0.3) is 31.8 Å². The molecule has 160 valence electrons. The fourth-order valence-electron chi connectivity index (χ4n) is 3.75. The fourth-order valence-corrected chi connectivity index (χ4v) is 6.29. The first kappa shape index (κ1) is 20.4. The lowest BCUT2D eigenvalue weighted by molar-refractivity contribution is 0.142. The van der Waals surface area contributed by atoms with E-state index in [0.717, 1.165) is 15.9 Å². The predicted molar refractivity (Wildman–Crippen MR) is 121 cm³/mol. The topological polar surface area (TPSA) is 102 Å². The lowest BCUT2D eigenvalue weighted by Gasteiger charge is -2.37. The SMILES string of the molecule is COP(=O)(OC)c1c(-c2nc3ccccc3s2)c(=O)oc2cc(N3CC(O)C3)ccc12. The Morgan fingerprint density at radius 2 is 1.94 bits per heavy atom. The molecule has 2 aromatic carbocycles. The number of thiazole rings is 1. The summed E-state index contributed by atoms with van der Waals surface area (Å²) in [5, 5.41) is 10.6. The Balaban J connectivity index is 1.80. The molecule has 0 atom stereocenters. The van der Waals surface area contributed by atoms with E-state index < -0.39 is 13.2 Å². The van der Waals surface area contributed by atoms with E-state index in [2.05, 4.69) is 4.98 Å². The molecule has 1 fully saturated rings. The van der Waals surface area contributed by atoms with E-state index >= 15 is 0 Å². The van der Waals surface area contributed by atoms with Crippen LogP contribution in [0.2, 0.25) is 0 Å². The second-order valence-electron chi connectivity index (χ2n) is 7.20. The summed E-state index contributed by atoms with van der Waals surface area (Å²) in [5.41, 5.74) is 1.19. The smallest absolute Gasteiger partial charge is 0.362 e. The number of β-amino-alcohol motifs (C(OH)–C–C–N with tert-alkyl or cyclic N) is 1. The van der Waals surface area contributed by atoms with Crippen molar-refractivity contribution in [1.29, 1.82) is 0 Å². The minimum atomic E-state index is -3.84. The number of nitrogens with zero attached hydrogens (tertiary/aromatic N) is 2. The number of aliphatic hydroxyl groups excluding tert-OH is 1. The molecular formula is C21H19N2O6PS. The van der Waals surface area contributed by atoms with Crippen molar-refractivity contribution in [2.45, 2.75) is 6.10 Å². The first-order valence-corrected chi connectivity index (χ1v) is 11.9. The van der Waals surface area contributed by atoms with Gasteiger partial charge in [0.15, 0.2) is 0 Å². The van der Waals surface area contributed by atoms with E-state index in [9.17, 15) is 14.5 Å². The van der Waals surface area contributed by atoms with Gasteiger partial charge in [0.25, 0.3) is 0 Å². The maximum absolute atomic E-state index is 13.6. The van der Waals surface area contributed by atoms with Crippen molar-refractivity contribution >= 4 is 51.1 Å². The third-order valence-corrected chi connectivity index (χ3v) is 8.38. The standard InChI is InChI=1S/C21H19N2O6PS/c1-27-30(26,28-2)19-14-8-7-12(23-10-13(24)11-23)9-16(14)29-21(25)18(19)20-22-15-5-3-4-6-17(15)31-20/h3-9,13,24H,10-11H2,1-2H3. The quantitative estimate of drug-likeness (QED) is 0.359. The zero-order valence-corrected chi connectivity index (χ0v) is 18.5. The van der Waals surface area contributed by atoms with Crippen molar-refractivity contribution in [3.05, 3.63) is 52.9 Å². The van der Waals surface area contributed by atoms with Crippen molar-refractivity contribution in [1.82, 2.24) is 4.98 Å². The highest BCUT2D eigenvalue weighted by molar-refractivity contribution is 7.63. The highest BCUT2D eigenvalue weighted by Crippen LogP contribution is 2.49. The zero-order valence-electron chi connectivity index (χ0n) is 16.8. The van der Waals surface area contributed by atoms with Gasteiger partial charge in [0.2, 0.25) is 0 Å². The zero-order chi connectivity index (χ0) is 21.8. The maximum Gasteiger partial charge on any atom is 0.362 e. The number of fused-ring (bicyclic) bond motifs is 2. The van der Waals surface area contributed by atoms with E-state index in [4.69, 9.17) is 13.5 Å². The summed E-state index contributed by atoms with van der Waals surface area (Å²) in [4.78, 5) is 19.7. The van der Waals surface area contributed by atoms with Gasteiger partial charge in [-0.15, -0.1) is 11.3 Å². The average Bonchev–Trinajstić information content (AvgIpc) is 3.18. The van der Waals surface area contributed by atoms with Gasteiger partial charge in [-0.3, -0.25) is 4.57 Å². The van der Waals surface area contributed by atoms with Gasteiger partial charge in [0.05, 0.1) is 21.6 Å². The number of rotatable bonds is 5. The second-order valence-corrected chi connectivity index (χ2v) is 10.4. The van der Waals surface area contributed by atoms with Gasteiger partial charge in [0, 0.05) is 44.4 Å². The van der Waals surface area contributed by atoms with Crippen LogP contribution in [0.3, 0.4) is 0 Å². The molecule has 10 heteroatoms. The summed E-state index contributed by atoms with van der Waals surface area (Å²) in [6.45, 7) is 1.00. The van der Waals surface area contributed by atoms with Gasteiger partial charge < -0.3 is 23.5 Å². The number of para-hydroxylation sites is 1. The highest BCUT2D eigenvalue weighted by Gasteiger charge is 2.35. The molecule has 0 unspecified atom stereocenters. The van der Waals surface area contributed by atoms with E-state index in [1.807, 2.05) is 35.2 Å². The molecule has 0 bridgehead atoms. The minimum absolute atomic E-state index is 0.0767. The Bertz CT molecular complexity index is 1370. The first-order valence-electron chi connectivity index (χ1n) is 9.55. The van der Waals surface area contributed by atoms with Crippen LogP contribution in [0.15, 0.2) is 51.7 Å². The van der Waals surface area contributed by atoms with Crippen LogP contribution in [-0.4, -0.2) is 43.5 Å². The van der Waals surface area contributed by atoms with Crippen LogP contribution in [-0.2, 0) is 13.6 Å². The summed E-state index contributed by atoms with van der Waals surface area (Å²) < 4.78 is 30.7. The van der Waals surface area contributed by atoms with Crippen molar-refractivity contribution in [2.75, 3.05) is 32.2 Å². The van der Waals surface area contributed by atoms with Crippen LogP contribution in [0.4, 0.5) is 5.69 Å². The molecule has 3 heterocycles. The second kappa shape index (κ2) is 7.55. The Kier molecular flexibility index (Phi) is 4.96. The molecule has 0 aliphatic carbocycles. The number of hydrogen-bond acceptors (Lipinski definition) is 9. The number of benzene rings is 2. The summed E-state index contributed by atoms with van der Waals surface area (Å²) in [6.07, 6.45) is -0.373. The number of anilines is 1. The van der Waals surface area contributed by atoms with Crippen LogP contribution in [0, 0.1) is 0 Å². The number of aromatic nitrogens is 1. The molecule has 4 aromatic rings. The molecule has 1 saturated heterocycles. The molecule has 0 radical (unpaired) electrons. The van der Waals surface area contributed by atoms with E-state index in [-0.39, 0.29) is 22.6 Å². The first-order chi connectivity index (χ1) is 14.9. The molecule has 1 aliphatic rings. The van der Waals surface area contributed by atoms with Crippen LogP contribution in [0.5, 0.6) is 0 Å². The van der Waals surface area contributed by atoms with E-state index in [0.29, 0.717) is 23.5 Å². The molecule has 8 nitrogen and oxygen atoms in total. The summed E-state index contributed by atoms with van der Waals surface area (Å²) in [6, 6.07) is 12.8. The van der Waals surface area contributed by atoms with Gasteiger partial charge >= 0.3 is 13.2 Å². The van der Waals surface area contributed by atoms with Crippen molar-refractivity contribution in [3.8, 4) is 10.6 Å². The van der Waals surface area contributed by atoms with Crippen LogP contribution < -0.4 is 15.8 Å². The summed E-state index contributed by atoms with van der Waals surface area (Å²) in [7, 11) is -1.28. The molecule has 1 aliphatic heterocycles. The Labute approximate surface area is 181 Å². The van der Waals surface area contributed by atoms with Gasteiger partial charge in [-0.1, -0.05) is 12.1 Å². The van der Waals surface area contributed by atoms with Crippen molar-refractivity contribution < 1.29 is 23.1 Å². The largest absolute Gasteiger partial charge is 0.422 e. The van der Waals surface area contributed by atoms with Gasteiger partial charge in [-0.05, 0) is 24.3 Å². The molecule has 31 heavy (non-hydrogen) atoms. The van der Waals surface area contributed by atoms with Gasteiger partial charge in [0.1, 0.15) is 16.2 Å². The third kappa shape index (κ3) is 3.30. The monoisotopic (exact) mass is 458 g/mol. The highest BCUT2D eigenvalue weighted by atomic mass is 32.1. The molecular weight excluding hydrogens is 439 g/mol. The average molecular weight is 458 g/mol. The lowest BCUT2D eigenvalue weighted by Crippen LogP contribution is -2.50. The Morgan fingerprint density at radius 1 is 1.19 bits per heavy atom. The van der Waals surface area contributed by atoms with Crippen LogP contribution in [0.1, 0.15) is 0 Å². The fraction of sp³-hybridized carbons (Fsp3) is 0.238. The maximum atomic E-state index is 13.6. The molecule has 0 amide bonds. The lowest BCUT2D eigenvalue weighted by atomic mass is 10.1. The van der Waals surface area contributed by atoms with Crippen LogP contribution >= 0.6 is 18.9 Å². The van der Waals surface area contributed by atoms with E-state index in [1.54, 1.807) is 12.1 Å². The van der Waals surface area contributed by atoms with E-state index in [1.165, 1.54) is 25.6 Å². The minimum Gasteiger partial charge on any atom is -0.422 e. The molecule has 5 rings (SSSR count). The Morgan fingerprint density at radius 3 is 2.61 bits per heavy atom. The predicted octanol–water partition coefficient (Wildman–Crippen LogP) is 3.36. The molecule has 0 spiro atoms. The van der Waals surface area contributed by atoms with Gasteiger partial charge in [-0.25, -0.2) is 9.78 Å². The molecule has 1 N–H and O–H groups in total. The normalized spacial score (nSPS) is 15.0. The summed E-state index contributed by atoms with van der Waals surface area (Å²) in [5.74, 6) is 0. The summed E-state index contributed by atoms with van der Waals surface area (Å²) >= 11 is 1.31. The van der Waals surface area contributed by atoms with Gasteiger partial charge in [-0.2, -0.15) is 0 Å².